The first-order valence-corrected chi connectivity index (χ1v) is 6.91. The molecule has 1 aromatic carbocycles. The van der Waals surface area contributed by atoms with E-state index in [2.05, 4.69) is 5.16 Å². The Morgan fingerprint density at radius 2 is 2.05 bits per heavy atom. The normalized spacial score (nSPS) is 15.9. The number of ether oxygens (including phenoxy) is 3. The summed E-state index contributed by atoms with van der Waals surface area (Å²) in [6.07, 6.45) is 3.41. The van der Waals surface area contributed by atoms with Crippen molar-refractivity contribution in [1.82, 2.24) is 5.16 Å². The molecule has 0 bridgehead atoms. The summed E-state index contributed by atoms with van der Waals surface area (Å²) < 4.78 is 21.9. The number of rotatable bonds is 4. The zero-order valence-electron chi connectivity index (χ0n) is 11.9. The van der Waals surface area contributed by atoms with Crippen LogP contribution in [0.25, 0.3) is 11.1 Å². The van der Waals surface area contributed by atoms with Crippen LogP contribution in [0.2, 0.25) is 0 Å². The van der Waals surface area contributed by atoms with Crippen LogP contribution >= 0.6 is 0 Å². The highest BCUT2D eigenvalue weighted by Gasteiger charge is 2.22. The van der Waals surface area contributed by atoms with Gasteiger partial charge in [-0.2, -0.15) is 0 Å². The SMILES string of the molecule is COc1cccc(-c2cnoc2N)c1OC1CCOCC1. The molecule has 0 amide bonds. The van der Waals surface area contributed by atoms with Crippen LogP contribution in [-0.4, -0.2) is 31.6 Å². The highest BCUT2D eigenvalue weighted by molar-refractivity contribution is 5.79. The Kier molecular flexibility index (Phi) is 3.96. The Morgan fingerprint density at radius 3 is 2.71 bits per heavy atom. The molecule has 0 saturated carbocycles. The average Bonchev–Trinajstić information content (AvgIpc) is 2.94. The molecule has 1 fully saturated rings. The molecule has 1 aromatic heterocycles. The van der Waals surface area contributed by atoms with E-state index >= 15 is 0 Å². The van der Waals surface area contributed by atoms with Crippen molar-refractivity contribution in [2.75, 3.05) is 26.1 Å². The van der Waals surface area contributed by atoms with Crippen molar-refractivity contribution < 1.29 is 18.7 Å². The molecule has 0 atom stereocenters. The van der Waals surface area contributed by atoms with Gasteiger partial charge in [0.25, 0.3) is 0 Å². The van der Waals surface area contributed by atoms with Crippen molar-refractivity contribution in [3.8, 4) is 22.6 Å². The smallest absolute Gasteiger partial charge is 0.230 e. The summed E-state index contributed by atoms with van der Waals surface area (Å²) in [5.41, 5.74) is 7.34. The number of aromatic nitrogens is 1. The van der Waals surface area contributed by atoms with Gasteiger partial charge in [-0.3, -0.25) is 0 Å². The predicted octanol–water partition coefficient (Wildman–Crippen LogP) is 2.49. The van der Waals surface area contributed by atoms with Crippen molar-refractivity contribution in [3.63, 3.8) is 0 Å². The molecule has 6 nitrogen and oxygen atoms in total. The molecule has 0 spiro atoms. The van der Waals surface area contributed by atoms with Gasteiger partial charge in [0, 0.05) is 18.4 Å². The maximum Gasteiger partial charge on any atom is 0.230 e. The van der Waals surface area contributed by atoms with E-state index in [1.165, 1.54) is 0 Å². The lowest BCUT2D eigenvalue weighted by atomic mass is 10.1. The number of nitrogen functional groups attached to an aromatic ring is 1. The van der Waals surface area contributed by atoms with Crippen molar-refractivity contribution in [2.24, 2.45) is 0 Å². The molecule has 1 saturated heterocycles. The number of benzene rings is 1. The Balaban J connectivity index is 1.97. The lowest BCUT2D eigenvalue weighted by molar-refractivity contribution is 0.0248. The summed E-state index contributed by atoms with van der Waals surface area (Å²) in [6.45, 7) is 1.43. The highest BCUT2D eigenvalue weighted by atomic mass is 16.5. The van der Waals surface area contributed by atoms with Gasteiger partial charge in [-0.1, -0.05) is 17.3 Å². The average molecular weight is 290 g/mol. The summed E-state index contributed by atoms with van der Waals surface area (Å²) in [6, 6.07) is 5.67. The first-order valence-electron chi connectivity index (χ1n) is 6.91. The summed E-state index contributed by atoms with van der Waals surface area (Å²) in [5, 5.41) is 3.73. The van der Waals surface area contributed by atoms with E-state index in [0.29, 0.717) is 30.3 Å². The van der Waals surface area contributed by atoms with Crippen molar-refractivity contribution in [3.05, 3.63) is 24.4 Å². The van der Waals surface area contributed by atoms with E-state index in [4.69, 9.17) is 24.5 Å². The number of nitrogens with zero attached hydrogens (tertiary/aromatic N) is 1. The molecule has 1 aliphatic heterocycles. The fraction of sp³-hybridized carbons (Fsp3) is 0.400. The second-order valence-corrected chi connectivity index (χ2v) is 4.87. The summed E-state index contributed by atoms with van der Waals surface area (Å²) >= 11 is 0. The van der Waals surface area contributed by atoms with Gasteiger partial charge in [0.05, 0.1) is 32.1 Å². The number of hydrogen-bond donors (Lipinski definition) is 1. The predicted molar refractivity (Wildman–Crippen MR) is 77.4 cm³/mol. The van der Waals surface area contributed by atoms with Crippen molar-refractivity contribution in [1.29, 1.82) is 0 Å². The molecular formula is C15H18N2O4. The molecule has 0 radical (unpaired) electrons. The zero-order chi connectivity index (χ0) is 14.7. The van der Waals surface area contributed by atoms with Crippen molar-refractivity contribution in [2.45, 2.75) is 18.9 Å². The third kappa shape index (κ3) is 2.80. The van der Waals surface area contributed by atoms with E-state index in [9.17, 15) is 0 Å². The first kappa shape index (κ1) is 13.8. The van der Waals surface area contributed by atoms with Gasteiger partial charge < -0.3 is 24.5 Å². The van der Waals surface area contributed by atoms with Crippen LogP contribution in [0.5, 0.6) is 11.5 Å². The highest BCUT2D eigenvalue weighted by Crippen LogP contribution is 2.41. The minimum atomic E-state index is 0.106. The standard InChI is InChI=1S/C15H18N2O4/c1-18-13-4-2-3-11(12-9-17-21-15(12)16)14(13)20-10-5-7-19-8-6-10/h2-4,9-10H,5-8,16H2,1H3. The number of hydrogen-bond acceptors (Lipinski definition) is 6. The lowest BCUT2D eigenvalue weighted by Gasteiger charge is -2.25. The van der Waals surface area contributed by atoms with Crippen molar-refractivity contribution >= 4 is 5.88 Å². The van der Waals surface area contributed by atoms with Crippen LogP contribution in [-0.2, 0) is 4.74 Å². The van der Waals surface area contributed by atoms with Crippen LogP contribution in [0.1, 0.15) is 12.8 Å². The second kappa shape index (κ2) is 6.05. The van der Waals surface area contributed by atoms with E-state index in [0.717, 1.165) is 18.4 Å². The quantitative estimate of drug-likeness (QED) is 0.932. The van der Waals surface area contributed by atoms with Gasteiger partial charge in [-0.25, -0.2) is 0 Å². The topological polar surface area (TPSA) is 79.7 Å². The van der Waals surface area contributed by atoms with Gasteiger partial charge in [-0.15, -0.1) is 0 Å². The van der Waals surface area contributed by atoms with Gasteiger partial charge in [0.1, 0.15) is 6.10 Å². The van der Waals surface area contributed by atoms with Crippen LogP contribution in [0.4, 0.5) is 5.88 Å². The molecule has 2 aromatic rings. The Morgan fingerprint density at radius 1 is 1.24 bits per heavy atom. The van der Waals surface area contributed by atoms with Gasteiger partial charge in [0.15, 0.2) is 11.5 Å². The molecule has 1 aliphatic rings. The molecule has 6 heteroatoms. The molecule has 0 aliphatic carbocycles. The number of anilines is 1. The monoisotopic (exact) mass is 290 g/mol. The molecule has 21 heavy (non-hydrogen) atoms. The largest absolute Gasteiger partial charge is 0.493 e. The molecule has 0 unspecified atom stereocenters. The fourth-order valence-corrected chi connectivity index (χ4v) is 2.42. The van der Waals surface area contributed by atoms with Gasteiger partial charge >= 0.3 is 0 Å². The minimum absolute atomic E-state index is 0.106. The summed E-state index contributed by atoms with van der Waals surface area (Å²) in [5.74, 6) is 1.60. The second-order valence-electron chi connectivity index (χ2n) is 4.87. The number of nitrogens with two attached hydrogens (primary N) is 1. The minimum Gasteiger partial charge on any atom is -0.493 e. The van der Waals surface area contributed by atoms with E-state index in [1.54, 1.807) is 13.3 Å². The first-order chi connectivity index (χ1) is 10.3. The zero-order valence-corrected chi connectivity index (χ0v) is 11.9. The van der Waals surface area contributed by atoms with Crippen LogP contribution in [0.15, 0.2) is 28.9 Å². The van der Waals surface area contributed by atoms with Crippen LogP contribution < -0.4 is 15.2 Å². The van der Waals surface area contributed by atoms with E-state index in [-0.39, 0.29) is 12.0 Å². The van der Waals surface area contributed by atoms with E-state index < -0.39 is 0 Å². The summed E-state index contributed by atoms with van der Waals surface area (Å²) in [7, 11) is 1.62. The molecular weight excluding hydrogens is 272 g/mol. The lowest BCUT2D eigenvalue weighted by Crippen LogP contribution is -2.26. The fourth-order valence-electron chi connectivity index (χ4n) is 2.42. The van der Waals surface area contributed by atoms with Gasteiger partial charge in [-0.05, 0) is 6.07 Å². The third-order valence-corrected chi connectivity index (χ3v) is 3.54. The van der Waals surface area contributed by atoms with E-state index in [1.807, 2.05) is 18.2 Å². The Bertz CT molecular complexity index is 605. The maximum absolute atomic E-state index is 6.16. The molecule has 3 rings (SSSR count). The molecule has 2 N–H and O–H groups in total. The Labute approximate surface area is 122 Å². The number of methoxy groups -OCH3 is 1. The van der Waals surface area contributed by atoms with Crippen LogP contribution in [0, 0.1) is 0 Å². The Hall–Kier alpha value is -2.21. The third-order valence-electron chi connectivity index (χ3n) is 3.54. The summed E-state index contributed by atoms with van der Waals surface area (Å²) in [4.78, 5) is 0. The maximum atomic E-state index is 6.16. The van der Waals surface area contributed by atoms with Gasteiger partial charge in [0.2, 0.25) is 5.88 Å². The van der Waals surface area contributed by atoms with Crippen LogP contribution in [0.3, 0.4) is 0 Å². The molecule has 2 heterocycles. The molecule has 112 valence electrons. The number of para-hydroxylation sites is 1.